The number of carbonyl (C=O) groups excluding carboxylic acids is 1. The zero-order valence-electron chi connectivity index (χ0n) is 14.3. The van der Waals surface area contributed by atoms with Crippen LogP contribution >= 0.6 is 0 Å². The van der Waals surface area contributed by atoms with Crippen LogP contribution in [0.1, 0.15) is 11.3 Å². The molecule has 0 saturated carbocycles. The van der Waals surface area contributed by atoms with Gasteiger partial charge in [0.05, 0.1) is 32.1 Å². The highest BCUT2D eigenvalue weighted by Crippen LogP contribution is 2.35. The lowest BCUT2D eigenvalue weighted by atomic mass is 10.2. The normalized spacial score (nSPS) is 13.3. The van der Waals surface area contributed by atoms with Crippen LogP contribution in [-0.2, 0) is 17.9 Å². The molecule has 0 N–H and O–H groups in total. The number of benzene rings is 2. The van der Waals surface area contributed by atoms with E-state index in [0.29, 0.717) is 30.3 Å². The van der Waals surface area contributed by atoms with Crippen LogP contribution in [0.3, 0.4) is 0 Å². The van der Waals surface area contributed by atoms with Crippen LogP contribution < -0.4 is 14.4 Å². The van der Waals surface area contributed by atoms with Gasteiger partial charge in [-0.25, -0.2) is 4.68 Å². The number of fused-ring (bicyclic) bond motifs is 1. The number of anilines is 1. The van der Waals surface area contributed by atoms with E-state index < -0.39 is 0 Å². The first kappa shape index (κ1) is 16.1. The van der Waals surface area contributed by atoms with Gasteiger partial charge in [0.15, 0.2) is 6.61 Å². The lowest BCUT2D eigenvalue weighted by Crippen LogP contribution is -2.38. The van der Waals surface area contributed by atoms with E-state index in [1.807, 2.05) is 42.6 Å². The summed E-state index contributed by atoms with van der Waals surface area (Å²) < 4.78 is 12.5. The van der Waals surface area contributed by atoms with E-state index in [2.05, 4.69) is 10.3 Å². The minimum Gasteiger partial charge on any atom is -0.497 e. The number of amides is 1. The Morgan fingerprint density at radius 2 is 2.00 bits per heavy atom. The molecular weight excluding hydrogens is 332 g/mol. The van der Waals surface area contributed by atoms with Gasteiger partial charge < -0.3 is 9.47 Å². The molecule has 1 amide bonds. The van der Waals surface area contributed by atoms with Crippen molar-refractivity contribution >= 4 is 11.6 Å². The molecule has 7 heteroatoms. The predicted octanol–water partition coefficient (Wildman–Crippen LogP) is 2.26. The van der Waals surface area contributed by atoms with Crippen LogP contribution in [0.5, 0.6) is 11.5 Å². The van der Waals surface area contributed by atoms with Gasteiger partial charge in [0.1, 0.15) is 17.2 Å². The van der Waals surface area contributed by atoms with E-state index in [-0.39, 0.29) is 12.5 Å². The molecule has 4 rings (SSSR count). The highest BCUT2D eigenvalue weighted by atomic mass is 16.5. The van der Waals surface area contributed by atoms with Crippen molar-refractivity contribution in [3.63, 3.8) is 0 Å². The molecule has 1 aliphatic rings. The summed E-state index contributed by atoms with van der Waals surface area (Å²) in [6.45, 7) is 0.979. The molecule has 0 unspecified atom stereocenters. The van der Waals surface area contributed by atoms with E-state index >= 15 is 0 Å². The average molecular weight is 350 g/mol. The monoisotopic (exact) mass is 350 g/mol. The molecule has 0 saturated heterocycles. The van der Waals surface area contributed by atoms with Gasteiger partial charge in [0.25, 0.3) is 5.91 Å². The molecule has 7 nitrogen and oxygen atoms in total. The first-order valence-electron chi connectivity index (χ1n) is 8.27. The first-order valence-corrected chi connectivity index (χ1v) is 8.27. The lowest BCUT2D eigenvalue weighted by molar-refractivity contribution is -0.121. The predicted molar refractivity (Wildman–Crippen MR) is 95.2 cm³/mol. The van der Waals surface area contributed by atoms with Crippen molar-refractivity contribution in [1.82, 2.24) is 15.0 Å². The highest BCUT2D eigenvalue weighted by molar-refractivity contribution is 5.97. The van der Waals surface area contributed by atoms with Crippen molar-refractivity contribution in [3.8, 4) is 11.5 Å². The number of carbonyl (C=O) groups is 1. The summed E-state index contributed by atoms with van der Waals surface area (Å²) >= 11 is 0. The Hall–Kier alpha value is -3.35. The maximum Gasteiger partial charge on any atom is 0.265 e. The second-order valence-corrected chi connectivity index (χ2v) is 6.00. The number of hydrogen-bond acceptors (Lipinski definition) is 5. The fraction of sp³-hybridized carbons (Fsp3) is 0.211. The van der Waals surface area contributed by atoms with Crippen molar-refractivity contribution in [3.05, 3.63) is 66.0 Å². The van der Waals surface area contributed by atoms with Gasteiger partial charge in [-0.1, -0.05) is 35.5 Å². The van der Waals surface area contributed by atoms with Crippen LogP contribution in [0.4, 0.5) is 5.69 Å². The second-order valence-electron chi connectivity index (χ2n) is 6.00. The SMILES string of the molecule is COc1ccc2c(c1)OCC(=O)N2Cc1cn(Cc2ccccc2)nn1. The number of aromatic nitrogens is 3. The highest BCUT2D eigenvalue weighted by Gasteiger charge is 2.26. The summed E-state index contributed by atoms with van der Waals surface area (Å²) in [5.41, 5.74) is 2.57. The van der Waals surface area contributed by atoms with Crippen molar-refractivity contribution in [2.45, 2.75) is 13.1 Å². The molecule has 0 atom stereocenters. The third-order valence-electron chi connectivity index (χ3n) is 4.20. The molecule has 26 heavy (non-hydrogen) atoms. The van der Waals surface area contributed by atoms with Crippen LogP contribution in [0, 0.1) is 0 Å². The molecule has 0 bridgehead atoms. The van der Waals surface area contributed by atoms with Gasteiger partial charge >= 0.3 is 0 Å². The quantitative estimate of drug-likeness (QED) is 0.706. The van der Waals surface area contributed by atoms with Gasteiger partial charge in [0, 0.05) is 6.07 Å². The summed E-state index contributed by atoms with van der Waals surface area (Å²) in [7, 11) is 1.60. The third kappa shape index (κ3) is 3.23. The Bertz CT molecular complexity index is 924. The minimum atomic E-state index is -0.111. The number of methoxy groups -OCH3 is 1. The molecule has 132 valence electrons. The molecule has 0 fully saturated rings. The summed E-state index contributed by atoms with van der Waals surface area (Å²) in [6, 6.07) is 15.4. The maximum atomic E-state index is 12.3. The van der Waals surface area contributed by atoms with Crippen LogP contribution in [0.25, 0.3) is 0 Å². The lowest BCUT2D eigenvalue weighted by Gasteiger charge is -2.28. The van der Waals surface area contributed by atoms with Crippen molar-refractivity contribution in [2.75, 3.05) is 18.6 Å². The van der Waals surface area contributed by atoms with Gasteiger partial charge in [0.2, 0.25) is 0 Å². The van der Waals surface area contributed by atoms with Crippen LogP contribution in [-0.4, -0.2) is 34.6 Å². The largest absolute Gasteiger partial charge is 0.497 e. The van der Waals surface area contributed by atoms with Gasteiger partial charge in [-0.3, -0.25) is 9.69 Å². The van der Waals surface area contributed by atoms with Crippen molar-refractivity contribution in [1.29, 1.82) is 0 Å². The Balaban J connectivity index is 1.53. The molecule has 2 aromatic carbocycles. The molecule has 0 aliphatic carbocycles. The first-order chi connectivity index (χ1) is 12.7. The summed E-state index contributed by atoms with van der Waals surface area (Å²) in [5, 5.41) is 8.36. The standard InChI is InChI=1S/C19H18N4O3/c1-25-16-7-8-17-18(9-16)26-13-19(24)23(17)12-15-11-22(21-20-15)10-14-5-3-2-4-6-14/h2-9,11H,10,12-13H2,1H3. The fourth-order valence-corrected chi connectivity index (χ4v) is 2.91. The number of rotatable bonds is 5. The summed E-state index contributed by atoms with van der Waals surface area (Å²) in [4.78, 5) is 14.0. The smallest absolute Gasteiger partial charge is 0.265 e. The summed E-state index contributed by atoms with van der Waals surface area (Å²) in [5.74, 6) is 1.20. The van der Waals surface area contributed by atoms with E-state index in [1.165, 1.54) is 0 Å². The minimum absolute atomic E-state index is 0.00167. The third-order valence-corrected chi connectivity index (χ3v) is 4.20. The second kappa shape index (κ2) is 6.87. The van der Waals surface area contributed by atoms with E-state index in [1.54, 1.807) is 28.8 Å². The zero-order valence-corrected chi connectivity index (χ0v) is 14.3. The molecule has 3 aromatic rings. The van der Waals surface area contributed by atoms with E-state index in [0.717, 1.165) is 11.3 Å². The van der Waals surface area contributed by atoms with E-state index in [4.69, 9.17) is 9.47 Å². The fourth-order valence-electron chi connectivity index (χ4n) is 2.91. The number of ether oxygens (including phenoxy) is 2. The van der Waals surface area contributed by atoms with Gasteiger partial charge in [-0.05, 0) is 17.7 Å². The molecule has 0 spiro atoms. The Kier molecular flexibility index (Phi) is 4.27. The van der Waals surface area contributed by atoms with E-state index in [9.17, 15) is 4.79 Å². The molecule has 1 aromatic heterocycles. The molecule has 2 heterocycles. The average Bonchev–Trinajstić information content (AvgIpc) is 3.11. The molecule has 0 radical (unpaired) electrons. The van der Waals surface area contributed by atoms with Crippen molar-refractivity contribution < 1.29 is 14.3 Å². The zero-order chi connectivity index (χ0) is 17.9. The Morgan fingerprint density at radius 1 is 1.15 bits per heavy atom. The maximum absolute atomic E-state index is 12.3. The Morgan fingerprint density at radius 3 is 2.81 bits per heavy atom. The van der Waals surface area contributed by atoms with Crippen LogP contribution in [0.15, 0.2) is 54.7 Å². The van der Waals surface area contributed by atoms with Crippen molar-refractivity contribution in [2.24, 2.45) is 0 Å². The van der Waals surface area contributed by atoms with Crippen LogP contribution in [0.2, 0.25) is 0 Å². The number of nitrogens with zero attached hydrogens (tertiary/aromatic N) is 4. The molecular formula is C19H18N4O3. The van der Waals surface area contributed by atoms with Gasteiger partial charge in [-0.15, -0.1) is 5.10 Å². The summed E-state index contributed by atoms with van der Waals surface area (Å²) in [6.07, 6.45) is 1.86. The Labute approximate surface area is 150 Å². The molecule has 1 aliphatic heterocycles. The van der Waals surface area contributed by atoms with Gasteiger partial charge in [-0.2, -0.15) is 0 Å². The topological polar surface area (TPSA) is 69.5 Å². The number of hydrogen-bond donors (Lipinski definition) is 0.